The molecular formula is C19H19NO4. The predicted octanol–water partition coefficient (Wildman–Crippen LogP) is 2.62. The highest BCUT2D eigenvalue weighted by Crippen LogP contribution is 2.08. The predicted molar refractivity (Wildman–Crippen MR) is 89.7 cm³/mol. The Labute approximate surface area is 140 Å². The number of carbonyl (C=O) groups is 3. The van der Waals surface area contributed by atoms with E-state index in [-0.39, 0.29) is 18.8 Å². The molecule has 124 valence electrons. The molecule has 0 aliphatic rings. The van der Waals surface area contributed by atoms with Gasteiger partial charge in [0.15, 0.2) is 5.78 Å². The highest BCUT2D eigenvalue weighted by atomic mass is 16.5. The highest BCUT2D eigenvalue weighted by Gasteiger charge is 2.26. The van der Waals surface area contributed by atoms with Crippen LogP contribution in [0, 0.1) is 0 Å². The summed E-state index contributed by atoms with van der Waals surface area (Å²) < 4.78 is 4.97. The van der Waals surface area contributed by atoms with Crippen LogP contribution in [-0.2, 0) is 9.53 Å². The van der Waals surface area contributed by atoms with Crippen molar-refractivity contribution < 1.29 is 19.1 Å². The maximum absolute atomic E-state index is 12.3. The second-order valence-electron chi connectivity index (χ2n) is 5.14. The second-order valence-corrected chi connectivity index (χ2v) is 5.14. The van der Waals surface area contributed by atoms with Crippen molar-refractivity contribution in [3.63, 3.8) is 0 Å². The maximum Gasteiger partial charge on any atom is 0.329 e. The summed E-state index contributed by atoms with van der Waals surface area (Å²) in [7, 11) is 0. The molecule has 0 unspecified atom stereocenters. The van der Waals surface area contributed by atoms with Gasteiger partial charge in [-0.05, 0) is 19.1 Å². The Balaban J connectivity index is 2.11. The molecule has 0 spiro atoms. The SMILES string of the molecule is CCOC(=O)[C@@H](CC(=O)c1ccccc1)NC(=O)c1ccccc1. The molecule has 0 saturated carbocycles. The molecule has 0 bridgehead atoms. The lowest BCUT2D eigenvalue weighted by Crippen LogP contribution is -2.43. The summed E-state index contributed by atoms with van der Waals surface area (Å²) in [6, 6.07) is 16.1. The van der Waals surface area contributed by atoms with Crippen molar-refractivity contribution in [2.75, 3.05) is 6.61 Å². The molecule has 2 aromatic carbocycles. The molecule has 0 aromatic heterocycles. The van der Waals surface area contributed by atoms with Gasteiger partial charge in [-0.3, -0.25) is 9.59 Å². The molecule has 0 radical (unpaired) electrons. The third-order valence-electron chi connectivity index (χ3n) is 3.40. The second kappa shape index (κ2) is 8.62. The van der Waals surface area contributed by atoms with Crippen molar-refractivity contribution in [2.24, 2.45) is 0 Å². The summed E-state index contributed by atoms with van der Waals surface area (Å²) in [6.45, 7) is 1.85. The highest BCUT2D eigenvalue weighted by molar-refractivity contribution is 6.01. The zero-order chi connectivity index (χ0) is 17.4. The maximum atomic E-state index is 12.3. The summed E-state index contributed by atoms with van der Waals surface area (Å²) in [6.07, 6.45) is -0.151. The molecule has 0 saturated heterocycles. The molecule has 1 amide bonds. The first kappa shape index (κ1) is 17.4. The fraction of sp³-hybridized carbons (Fsp3) is 0.211. The van der Waals surface area contributed by atoms with E-state index in [1.54, 1.807) is 67.6 Å². The van der Waals surface area contributed by atoms with Gasteiger partial charge >= 0.3 is 5.97 Å². The molecule has 0 aliphatic carbocycles. The first-order valence-electron chi connectivity index (χ1n) is 7.72. The number of hydrogen-bond acceptors (Lipinski definition) is 4. The van der Waals surface area contributed by atoms with E-state index in [9.17, 15) is 14.4 Å². The summed E-state index contributed by atoms with van der Waals surface area (Å²) in [5.74, 6) is -1.28. The molecule has 0 heterocycles. The van der Waals surface area contributed by atoms with E-state index in [1.807, 2.05) is 0 Å². The lowest BCUT2D eigenvalue weighted by molar-refractivity contribution is -0.145. The number of carbonyl (C=O) groups excluding carboxylic acids is 3. The summed E-state index contributed by atoms with van der Waals surface area (Å²) in [5, 5.41) is 2.58. The molecule has 5 heteroatoms. The topological polar surface area (TPSA) is 72.5 Å². The van der Waals surface area contributed by atoms with Gasteiger partial charge in [0.05, 0.1) is 6.61 Å². The summed E-state index contributed by atoms with van der Waals surface area (Å²) in [4.78, 5) is 36.7. The monoisotopic (exact) mass is 325 g/mol. The number of ketones is 1. The van der Waals surface area contributed by atoms with Crippen molar-refractivity contribution in [3.8, 4) is 0 Å². The lowest BCUT2D eigenvalue weighted by atomic mass is 10.0. The molecule has 0 aliphatic heterocycles. The summed E-state index contributed by atoms with van der Waals surface area (Å²) in [5.41, 5.74) is 0.903. The first-order valence-corrected chi connectivity index (χ1v) is 7.72. The van der Waals surface area contributed by atoms with E-state index in [0.717, 1.165) is 0 Å². The van der Waals surface area contributed by atoms with Crippen LogP contribution in [0.5, 0.6) is 0 Å². The average Bonchev–Trinajstić information content (AvgIpc) is 2.62. The normalized spacial score (nSPS) is 11.4. The first-order chi connectivity index (χ1) is 11.6. The molecule has 0 fully saturated rings. The van der Waals surface area contributed by atoms with Gasteiger partial charge in [-0.1, -0.05) is 48.5 Å². The fourth-order valence-electron chi connectivity index (χ4n) is 2.19. The number of hydrogen-bond donors (Lipinski definition) is 1. The van der Waals surface area contributed by atoms with Crippen molar-refractivity contribution in [1.29, 1.82) is 0 Å². The van der Waals surface area contributed by atoms with Crippen LogP contribution in [0.1, 0.15) is 34.1 Å². The van der Waals surface area contributed by atoms with Crippen molar-refractivity contribution in [1.82, 2.24) is 5.32 Å². The molecule has 1 N–H and O–H groups in total. The molecular weight excluding hydrogens is 306 g/mol. The molecule has 24 heavy (non-hydrogen) atoms. The molecule has 5 nitrogen and oxygen atoms in total. The Kier molecular flexibility index (Phi) is 6.25. The minimum absolute atomic E-state index is 0.151. The third kappa shape index (κ3) is 4.78. The van der Waals surface area contributed by atoms with Gasteiger partial charge in [0.2, 0.25) is 0 Å². The number of rotatable bonds is 7. The van der Waals surface area contributed by atoms with E-state index in [2.05, 4.69) is 5.32 Å². The minimum Gasteiger partial charge on any atom is -0.464 e. The van der Waals surface area contributed by atoms with Gasteiger partial charge in [0.1, 0.15) is 6.04 Å². The van der Waals surface area contributed by atoms with E-state index >= 15 is 0 Å². The number of benzene rings is 2. The lowest BCUT2D eigenvalue weighted by Gasteiger charge is -2.17. The van der Waals surface area contributed by atoms with Gasteiger partial charge in [-0.25, -0.2) is 4.79 Å². The summed E-state index contributed by atoms with van der Waals surface area (Å²) >= 11 is 0. The Bertz CT molecular complexity index is 644. The standard InChI is InChI=1S/C19H19NO4/c1-2-24-19(23)16(13-17(21)14-9-5-3-6-10-14)20-18(22)15-11-7-4-8-12-15/h3-12,16H,2,13H2,1H3,(H,20,22)/t16-/m1/s1. The largest absolute Gasteiger partial charge is 0.464 e. The van der Waals surface area contributed by atoms with E-state index in [4.69, 9.17) is 4.74 Å². The number of amides is 1. The van der Waals surface area contributed by atoms with Crippen LogP contribution in [0.3, 0.4) is 0 Å². The number of Topliss-reactive ketones (excluding diaryl/α,β-unsaturated/α-hetero) is 1. The van der Waals surface area contributed by atoms with Crippen LogP contribution >= 0.6 is 0 Å². The van der Waals surface area contributed by atoms with Gasteiger partial charge in [-0.15, -0.1) is 0 Å². The zero-order valence-corrected chi connectivity index (χ0v) is 13.4. The molecule has 2 aromatic rings. The number of ether oxygens (including phenoxy) is 1. The van der Waals surface area contributed by atoms with E-state index < -0.39 is 17.9 Å². The van der Waals surface area contributed by atoms with Crippen LogP contribution in [-0.4, -0.2) is 30.3 Å². The van der Waals surface area contributed by atoms with Gasteiger partial charge in [0, 0.05) is 17.5 Å². The Hall–Kier alpha value is -2.95. The van der Waals surface area contributed by atoms with E-state index in [0.29, 0.717) is 11.1 Å². The van der Waals surface area contributed by atoms with Crippen LogP contribution in [0.4, 0.5) is 0 Å². The average molecular weight is 325 g/mol. The number of esters is 1. The van der Waals surface area contributed by atoms with Crippen LogP contribution < -0.4 is 5.32 Å². The Morgan fingerprint density at radius 1 is 0.917 bits per heavy atom. The van der Waals surface area contributed by atoms with Crippen molar-refractivity contribution in [2.45, 2.75) is 19.4 Å². The molecule has 2 rings (SSSR count). The minimum atomic E-state index is -1.02. The van der Waals surface area contributed by atoms with Crippen LogP contribution in [0.15, 0.2) is 60.7 Å². The smallest absolute Gasteiger partial charge is 0.329 e. The fourth-order valence-corrected chi connectivity index (χ4v) is 2.19. The van der Waals surface area contributed by atoms with Crippen molar-refractivity contribution >= 4 is 17.7 Å². The Morgan fingerprint density at radius 2 is 1.46 bits per heavy atom. The van der Waals surface area contributed by atoms with Gasteiger partial charge in [0.25, 0.3) is 5.91 Å². The third-order valence-corrected chi connectivity index (χ3v) is 3.40. The van der Waals surface area contributed by atoms with Crippen LogP contribution in [0.2, 0.25) is 0 Å². The molecule has 1 atom stereocenters. The zero-order valence-electron chi connectivity index (χ0n) is 13.4. The van der Waals surface area contributed by atoms with E-state index in [1.165, 1.54) is 0 Å². The van der Waals surface area contributed by atoms with Crippen LogP contribution in [0.25, 0.3) is 0 Å². The van der Waals surface area contributed by atoms with Crippen molar-refractivity contribution in [3.05, 3.63) is 71.8 Å². The quantitative estimate of drug-likeness (QED) is 0.627. The van der Waals surface area contributed by atoms with Gasteiger partial charge in [-0.2, -0.15) is 0 Å². The Morgan fingerprint density at radius 3 is 2.00 bits per heavy atom. The van der Waals surface area contributed by atoms with Gasteiger partial charge < -0.3 is 10.1 Å². The number of nitrogens with one attached hydrogen (secondary N) is 1.